The maximum absolute atomic E-state index is 12.4. The van der Waals surface area contributed by atoms with Gasteiger partial charge in [0.2, 0.25) is 0 Å². The lowest BCUT2D eigenvalue weighted by molar-refractivity contribution is -0.144. The number of carbonyl (C=O) groups is 2. The van der Waals surface area contributed by atoms with E-state index >= 15 is 0 Å². The Morgan fingerprint density at radius 2 is 1.61 bits per heavy atom. The van der Waals surface area contributed by atoms with Crippen LogP contribution in [-0.4, -0.2) is 30.1 Å². The zero-order valence-electron chi connectivity index (χ0n) is 12.8. The minimum absolute atomic E-state index is 0.215. The van der Waals surface area contributed by atoms with Gasteiger partial charge in [0.25, 0.3) is 5.91 Å². The van der Waals surface area contributed by atoms with Crippen LogP contribution in [0.2, 0.25) is 0 Å². The molecular weight excluding hydrogens is 294 g/mol. The molecule has 0 radical (unpaired) electrons. The third-order valence-electron chi connectivity index (χ3n) is 3.47. The maximum Gasteiger partial charge on any atom is 0.326 e. The molecule has 0 aromatic heterocycles. The Morgan fingerprint density at radius 1 is 1.04 bits per heavy atom. The summed E-state index contributed by atoms with van der Waals surface area (Å²) in [5.41, 5.74) is 1.52. The molecule has 0 saturated heterocycles. The first kappa shape index (κ1) is 16.7. The van der Waals surface area contributed by atoms with Crippen molar-refractivity contribution < 1.29 is 19.4 Å². The molecule has 0 aliphatic carbocycles. The van der Waals surface area contributed by atoms with E-state index in [4.69, 9.17) is 4.74 Å². The van der Waals surface area contributed by atoms with Crippen molar-refractivity contribution in [1.29, 1.82) is 0 Å². The Bertz CT molecular complexity index is 643. The number of methoxy groups -OCH3 is 1. The van der Waals surface area contributed by atoms with E-state index in [1.54, 1.807) is 24.3 Å². The van der Waals surface area contributed by atoms with Crippen molar-refractivity contribution in [3.05, 3.63) is 71.8 Å². The molecule has 2 aromatic carbocycles. The van der Waals surface area contributed by atoms with E-state index in [0.29, 0.717) is 5.56 Å². The summed E-state index contributed by atoms with van der Waals surface area (Å²) in [6, 6.07) is 17.1. The zero-order chi connectivity index (χ0) is 16.7. The average molecular weight is 313 g/mol. The zero-order valence-corrected chi connectivity index (χ0v) is 12.8. The molecule has 120 valence electrons. The summed E-state index contributed by atoms with van der Waals surface area (Å²) in [6.07, 6.45) is -0.624. The molecule has 5 heteroatoms. The van der Waals surface area contributed by atoms with Crippen LogP contribution in [0.1, 0.15) is 17.2 Å². The van der Waals surface area contributed by atoms with Crippen LogP contribution < -0.4 is 5.32 Å². The Morgan fingerprint density at radius 3 is 2.13 bits per heavy atom. The molecular formula is C18H19NO4. The molecule has 0 bridgehead atoms. The monoisotopic (exact) mass is 313 g/mol. The highest BCUT2D eigenvalue weighted by Gasteiger charge is 2.26. The second-order valence-electron chi connectivity index (χ2n) is 5.12. The van der Waals surface area contributed by atoms with Crippen LogP contribution >= 0.6 is 0 Å². The van der Waals surface area contributed by atoms with Crippen LogP contribution in [0.4, 0.5) is 0 Å². The van der Waals surface area contributed by atoms with Gasteiger partial charge in [-0.15, -0.1) is 0 Å². The molecule has 2 N–H and O–H groups in total. The van der Waals surface area contributed by atoms with Gasteiger partial charge in [-0.3, -0.25) is 4.79 Å². The van der Waals surface area contributed by atoms with Crippen LogP contribution in [0.5, 0.6) is 0 Å². The second-order valence-corrected chi connectivity index (χ2v) is 5.12. The van der Waals surface area contributed by atoms with E-state index in [-0.39, 0.29) is 6.42 Å². The van der Waals surface area contributed by atoms with Crippen molar-refractivity contribution >= 4 is 11.9 Å². The van der Waals surface area contributed by atoms with Crippen molar-refractivity contribution in [3.63, 3.8) is 0 Å². The number of ether oxygens (including phenoxy) is 1. The minimum atomic E-state index is -1.08. The van der Waals surface area contributed by atoms with E-state index in [9.17, 15) is 14.7 Å². The van der Waals surface area contributed by atoms with Crippen molar-refractivity contribution in [1.82, 2.24) is 5.32 Å². The molecule has 0 spiro atoms. The number of rotatable bonds is 7. The fourth-order valence-corrected chi connectivity index (χ4v) is 2.32. The van der Waals surface area contributed by atoms with Gasteiger partial charge in [-0.05, 0) is 11.1 Å². The highest BCUT2D eigenvalue weighted by Crippen LogP contribution is 2.17. The smallest absolute Gasteiger partial charge is 0.326 e. The van der Waals surface area contributed by atoms with Gasteiger partial charge in [0.05, 0.1) is 0 Å². The van der Waals surface area contributed by atoms with Gasteiger partial charge < -0.3 is 15.2 Å². The number of nitrogens with one attached hydrogen (secondary N) is 1. The molecule has 0 heterocycles. The maximum atomic E-state index is 12.4. The summed E-state index contributed by atoms with van der Waals surface area (Å²) < 4.78 is 5.22. The molecule has 2 atom stereocenters. The number of carboxylic acids is 1. The summed E-state index contributed by atoms with van der Waals surface area (Å²) in [5.74, 6) is -1.55. The summed E-state index contributed by atoms with van der Waals surface area (Å²) in [4.78, 5) is 23.8. The second kappa shape index (κ2) is 8.10. The first-order chi connectivity index (χ1) is 11.1. The molecule has 1 amide bonds. The number of benzene rings is 2. The molecule has 2 unspecified atom stereocenters. The van der Waals surface area contributed by atoms with Gasteiger partial charge in [0.15, 0.2) is 6.10 Å². The summed E-state index contributed by atoms with van der Waals surface area (Å²) in [5, 5.41) is 11.9. The van der Waals surface area contributed by atoms with Crippen LogP contribution in [0.15, 0.2) is 60.7 Å². The van der Waals surface area contributed by atoms with Crippen LogP contribution in [-0.2, 0) is 20.7 Å². The lowest BCUT2D eigenvalue weighted by Crippen LogP contribution is -2.44. The van der Waals surface area contributed by atoms with Gasteiger partial charge in [0, 0.05) is 13.5 Å². The molecule has 23 heavy (non-hydrogen) atoms. The fourth-order valence-electron chi connectivity index (χ4n) is 2.32. The van der Waals surface area contributed by atoms with Gasteiger partial charge >= 0.3 is 5.97 Å². The Balaban J connectivity index is 2.09. The van der Waals surface area contributed by atoms with Crippen molar-refractivity contribution in [2.75, 3.05) is 7.11 Å². The van der Waals surface area contributed by atoms with E-state index in [1.165, 1.54) is 7.11 Å². The third kappa shape index (κ3) is 4.66. The van der Waals surface area contributed by atoms with Gasteiger partial charge in [-0.1, -0.05) is 60.7 Å². The van der Waals surface area contributed by atoms with E-state index in [1.807, 2.05) is 36.4 Å². The van der Waals surface area contributed by atoms with Crippen molar-refractivity contribution in [2.24, 2.45) is 0 Å². The van der Waals surface area contributed by atoms with Crippen LogP contribution in [0, 0.1) is 0 Å². The highest BCUT2D eigenvalue weighted by atomic mass is 16.5. The number of amides is 1. The highest BCUT2D eigenvalue weighted by molar-refractivity contribution is 5.87. The number of hydrogen-bond donors (Lipinski definition) is 2. The molecule has 2 aromatic rings. The van der Waals surface area contributed by atoms with E-state index in [0.717, 1.165) is 5.56 Å². The van der Waals surface area contributed by atoms with Crippen molar-refractivity contribution in [2.45, 2.75) is 18.6 Å². The lowest BCUT2D eigenvalue weighted by Gasteiger charge is -2.20. The first-order valence-corrected chi connectivity index (χ1v) is 7.26. The van der Waals surface area contributed by atoms with E-state index in [2.05, 4.69) is 5.32 Å². The number of carboxylic acid groups (broad SMARTS) is 1. The Hall–Kier alpha value is -2.66. The van der Waals surface area contributed by atoms with Gasteiger partial charge in [0.1, 0.15) is 6.04 Å². The predicted molar refractivity (Wildman–Crippen MR) is 85.9 cm³/mol. The topological polar surface area (TPSA) is 75.6 Å². The number of carbonyl (C=O) groups excluding carboxylic acids is 1. The standard InChI is InChI=1S/C18H19NO4/c1-23-16(14-10-6-3-7-11-14)17(20)19-15(18(21)22)12-13-8-4-2-5-9-13/h2-11,15-16H,12H2,1H3,(H,19,20)(H,21,22). The largest absolute Gasteiger partial charge is 0.480 e. The summed E-state index contributed by atoms with van der Waals surface area (Å²) >= 11 is 0. The van der Waals surface area contributed by atoms with Crippen LogP contribution in [0.3, 0.4) is 0 Å². The minimum Gasteiger partial charge on any atom is -0.480 e. The Labute approximate surface area is 134 Å². The molecule has 0 fully saturated rings. The fraction of sp³-hybridized carbons (Fsp3) is 0.222. The quantitative estimate of drug-likeness (QED) is 0.821. The SMILES string of the molecule is COC(C(=O)NC(Cc1ccccc1)C(=O)O)c1ccccc1. The van der Waals surface area contributed by atoms with Gasteiger partial charge in [-0.25, -0.2) is 4.79 Å². The molecule has 0 aliphatic rings. The molecule has 5 nitrogen and oxygen atoms in total. The summed E-state index contributed by atoms with van der Waals surface area (Å²) in [6.45, 7) is 0. The third-order valence-corrected chi connectivity index (χ3v) is 3.47. The lowest BCUT2D eigenvalue weighted by atomic mass is 10.0. The van der Waals surface area contributed by atoms with Crippen LogP contribution in [0.25, 0.3) is 0 Å². The Kier molecular flexibility index (Phi) is 5.88. The summed E-state index contributed by atoms with van der Waals surface area (Å²) in [7, 11) is 1.42. The number of aliphatic carboxylic acids is 1. The van der Waals surface area contributed by atoms with E-state index < -0.39 is 24.0 Å². The molecule has 2 rings (SSSR count). The molecule has 0 aliphatic heterocycles. The normalized spacial score (nSPS) is 13.1. The first-order valence-electron chi connectivity index (χ1n) is 7.26. The van der Waals surface area contributed by atoms with Gasteiger partial charge in [-0.2, -0.15) is 0 Å². The average Bonchev–Trinajstić information content (AvgIpc) is 2.57. The molecule has 0 saturated carbocycles. The predicted octanol–water partition coefficient (Wildman–Crippen LogP) is 2.19. The number of hydrogen-bond acceptors (Lipinski definition) is 3. The van der Waals surface area contributed by atoms with Crippen molar-refractivity contribution in [3.8, 4) is 0 Å².